The normalized spacial score (nSPS) is 18.9. The van der Waals surface area contributed by atoms with Crippen molar-refractivity contribution in [2.24, 2.45) is 0 Å². The smallest absolute Gasteiger partial charge is 0.411 e. The molecule has 0 spiro atoms. The molecule has 154 valence electrons. The number of likely N-dealkylation sites (tertiary alicyclic amines) is 1. The Hall–Kier alpha value is -3.02. The predicted octanol–water partition coefficient (Wildman–Crippen LogP) is 4.19. The summed E-state index contributed by atoms with van der Waals surface area (Å²) in [6.45, 7) is 5.79. The maximum absolute atomic E-state index is 12.8. The molecule has 1 heterocycles. The van der Waals surface area contributed by atoms with Crippen LogP contribution >= 0.6 is 0 Å². The highest BCUT2D eigenvalue weighted by molar-refractivity contribution is 5.82. The van der Waals surface area contributed by atoms with Gasteiger partial charge in [0.1, 0.15) is 30.1 Å². The third kappa shape index (κ3) is 5.98. The first-order valence-electron chi connectivity index (χ1n) is 9.74. The molecule has 2 atom stereocenters. The highest BCUT2D eigenvalue weighted by Gasteiger charge is 2.43. The van der Waals surface area contributed by atoms with E-state index in [1.165, 1.54) is 4.90 Å². The van der Waals surface area contributed by atoms with E-state index in [9.17, 15) is 9.59 Å². The number of benzene rings is 2. The highest BCUT2D eigenvalue weighted by Crippen LogP contribution is 2.26. The van der Waals surface area contributed by atoms with Gasteiger partial charge in [0.15, 0.2) is 0 Å². The second-order valence-electron chi connectivity index (χ2n) is 8.03. The molecular formula is C23H27NO5. The fourth-order valence-electron chi connectivity index (χ4n) is 3.15. The minimum Gasteiger partial charge on any atom is -0.488 e. The van der Waals surface area contributed by atoms with Crippen molar-refractivity contribution in [3.63, 3.8) is 0 Å². The van der Waals surface area contributed by atoms with Gasteiger partial charge in [-0.3, -0.25) is 4.90 Å². The van der Waals surface area contributed by atoms with Crippen LogP contribution in [0.15, 0.2) is 60.7 Å². The Bertz CT molecular complexity index is 816. The summed E-state index contributed by atoms with van der Waals surface area (Å²) in [5, 5.41) is 0. The van der Waals surface area contributed by atoms with Gasteiger partial charge in [0, 0.05) is 6.42 Å². The molecule has 0 N–H and O–H groups in total. The molecule has 2 unspecified atom stereocenters. The van der Waals surface area contributed by atoms with Crippen molar-refractivity contribution < 1.29 is 23.8 Å². The molecule has 0 radical (unpaired) electrons. The zero-order valence-electron chi connectivity index (χ0n) is 17.0. The van der Waals surface area contributed by atoms with Gasteiger partial charge in [-0.05, 0) is 38.5 Å². The van der Waals surface area contributed by atoms with Gasteiger partial charge in [-0.1, -0.05) is 48.5 Å². The standard InChI is InChI=1S/C23H27NO5/c1-23(2,3)29-22(26)24-15-19(28-18-12-8-5-9-13-18)14-20(24)21(25)27-16-17-10-6-4-7-11-17/h4-13,19-20H,14-16H2,1-3H3. The van der Waals surface area contributed by atoms with E-state index in [1.54, 1.807) is 20.8 Å². The van der Waals surface area contributed by atoms with Crippen molar-refractivity contribution in [3.05, 3.63) is 66.2 Å². The summed E-state index contributed by atoms with van der Waals surface area (Å²) in [6, 6.07) is 18.0. The maximum Gasteiger partial charge on any atom is 0.411 e. The van der Waals surface area contributed by atoms with Crippen LogP contribution in [0.5, 0.6) is 5.75 Å². The second-order valence-corrected chi connectivity index (χ2v) is 8.03. The van der Waals surface area contributed by atoms with Crippen LogP contribution < -0.4 is 4.74 Å². The van der Waals surface area contributed by atoms with Crippen molar-refractivity contribution >= 4 is 12.1 Å². The number of amides is 1. The van der Waals surface area contributed by atoms with Gasteiger partial charge < -0.3 is 14.2 Å². The lowest BCUT2D eigenvalue weighted by Gasteiger charge is -2.27. The Morgan fingerprint density at radius 3 is 2.24 bits per heavy atom. The van der Waals surface area contributed by atoms with E-state index < -0.39 is 23.7 Å². The molecule has 0 aromatic heterocycles. The molecule has 1 amide bonds. The predicted molar refractivity (Wildman–Crippen MR) is 108 cm³/mol. The van der Waals surface area contributed by atoms with Crippen LogP contribution in [0.25, 0.3) is 0 Å². The topological polar surface area (TPSA) is 65.1 Å². The van der Waals surface area contributed by atoms with Crippen LogP contribution in [0.4, 0.5) is 4.79 Å². The van der Waals surface area contributed by atoms with Gasteiger partial charge in [0.2, 0.25) is 0 Å². The molecule has 0 aliphatic carbocycles. The van der Waals surface area contributed by atoms with Crippen LogP contribution in [0, 0.1) is 0 Å². The molecule has 2 aromatic rings. The number of rotatable bonds is 5. The molecule has 2 aromatic carbocycles. The largest absolute Gasteiger partial charge is 0.488 e. The molecule has 0 bridgehead atoms. The number of hydrogen-bond donors (Lipinski definition) is 0. The van der Waals surface area contributed by atoms with E-state index >= 15 is 0 Å². The lowest BCUT2D eigenvalue weighted by molar-refractivity contribution is -0.150. The summed E-state index contributed by atoms with van der Waals surface area (Å²) in [4.78, 5) is 26.9. The van der Waals surface area contributed by atoms with Gasteiger partial charge in [-0.15, -0.1) is 0 Å². The van der Waals surface area contributed by atoms with Crippen LogP contribution in [0.3, 0.4) is 0 Å². The number of esters is 1. The highest BCUT2D eigenvalue weighted by atomic mass is 16.6. The van der Waals surface area contributed by atoms with Crippen molar-refractivity contribution in [3.8, 4) is 5.75 Å². The molecule has 0 saturated carbocycles. The van der Waals surface area contributed by atoms with Gasteiger partial charge in [0.25, 0.3) is 0 Å². The number of carbonyl (C=O) groups is 2. The number of hydrogen-bond acceptors (Lipinski definition) is 5. The maximum atomic E-state index is 12.8. The third-order valence-corrected chi connectivity index (χ3v) is 4.43. The summed E-state index contributed by atoms with van der Waals surface area (Å²) < 4.78 is 16.9. The molecule has 1 fully saturated rings. The van der Waals surface area contributed by atoms with E-state index in [0.717, 1.165) is 5.56 Å². The van der Waals surface area contributed by atoms with E-state index in [0.29, 0.717) is 12.2 Å². The Kier molecular flexibility index (Phi) is 6.42. The quantitative estimate of drug-likeness (QED) is 0.708. The third-order valence-electron chi connectivity index (χ3n) is 4.43. The van der Waals surface area contributed by atoms with Gasteiger partial charge in [-0.25, -0.2) is 9.59 Å². The molecular weight excluding hydrogens is 370 g/mol. The van der Waals surface area contributed by atoms with E-state index in [2.05, 4.69) is 0 Å². The van der Waals surface area contributed by atoms with E-state index in [1.807, 2.05) is 60.7 Å². The van der Waals surface area contributed by atoms with Crippen molar-refractivity contribution in [2.45, 2.75) is 51.5 Å². The molecule has 6 nitrogen and oxygen atoms in total. The fourth-order valence-corrected chi connectivity index (χ4v) is 3.15. The van der Waals surface area contributed by atoms with Gasteiger partial charge >= 0.3 is 12.1 Å². The van der Waals surface area contributed by atoms with Crippen LogP contribution in [0.2, 0.25) is 0 Å². The Labute approximate surface area is 171 Å². The lowest BCUT2D eigenvalue weighted by atomic mass is 10.2. The molecule has 1 aliphatic rings. The SMILES string of the molecule is CC(C)(C)OC(=O)N1CC(Oc2ccccc2)CC1C(=O)OCc1ccccc1. The fraction of sp³-hybridized carbons (Fsp3) is 0.391. The van der Waals surface area contributed by atoms with Gasteiger partial charge in [0.05, 0.1) is 6.54 Å². The number of carbonyl (C=O) groups excluding carboxylic acids is 2. The number of para-hydroxylation sites is 1. The Morgan fingerprint density at radius 1 is 1.00 bits per heavy atom. The molecule has 1 saturated heterocycles. The molecule has 29 heavy (non-hydrogen) atoms. The number of nitrogens with zero attached hydrogens (tertiary/aromatic N) is 1. The molecule has 1 aliphatic heterocycles. The van der Waals surface area contributed by atoms with E-state index in [-0.39, 0.29) is 19.3 Å². The molecule has 3 rings (SSSR count). The Morgan fingerprint density at radius 2 is 1.62 bits per heavy atom. The zero-order valence-corrected chi connectivity index (χ0v) is 17.0. The van der Waals surface area contributed by atoms with E-state index in [4.69, 9.17) is 14.2 Å². The summed E-state index contributed by atoms with van der Waals surface area (Å²) in [5.74, 6) is 0.235. The summed E-state index contributed by atoms with van der Waals surface area (Å²) in [7, 11) is 0. The summed E-state index contributed by atoms with van der Waals surface area (Å²) >= 11 is 0. The van der Waals surface area contributed by atoms with Gasteiger partial charge in [-0.2, -0.15) is 0 Å². The lowest BCUT2D eigenvalue weighted by Crippen LogP contribution is -2.44. The second kappa shape index (κ2) is 8.99. The molecule has 6 heteroatoms. The average Bonchev–Trinajstić information content (AvgIpc) is 3.10. The van der Waals surface area contributed by atoms with Crippen molar-refractivity contribution in [1.29, 1.82) is 0 Å². The monoisotopic (exact) mass is 397 g/mol. The minimum absolute atomic E-state index is 0.155. The first-order valence-corrected chi connectivity index (χ1v) is 9.74. The number of ether oxygens (including phenoxy) is 3. The van der Waals surface area contributed by atoms with Crippen molar-refractivity contribution in [2.75, 3.05) is 6.54 Å². The first kappa shape index (κ1) is 20.7. The first-order chi connectivity index (χ1) is 13.8. The summed E-state index contributed by atoms with van der Waals surface area (Å²) in [5.41, 5.74) is 0.230. The zero-order chi connectivity index (χ0) is 20.9. The van der Waals surface area contributed by atoms with Crippen LogP contribution in [-0.4, -0.2) is 41.3 Å². The van der Waals surface area contributed by atoms with Crippen LogP contribution in [-0.2, 0) is 20.9 Å². The minimum atomic E-state index is -0.748. The Balaban J connectivity index is 1.69. The average molecular weight is 397 g/mol. The summed E-state index contributed by atoms with van der Waals surface area (Å²) in [6.07, 6.45) is -0.514. The van der Waals surface area contributed by atoms with Crippen molar-refractivity contribution in [1.82, 2.24) is 4.90 Å². The van der Waals surface area contributed by atoms with Crippen LogP contribution in [0.1, 0.15) is 32.8 Å².